The normalized spacial score (nSPS) is 22.7. The lowest BCUT2D eigenvalue weighted by Crippen LogP contribution is -2.20. The molecule has 0 N–H and O–H groups in total. The summed E-state index contributed by atoms with van der Waals surface area (Å²) in [6.07, 6.45) is 0.996. The van der Waals surface area contributed by atoms with E-state index < -0.39 is 11.8 Å². The molecule has 0 spiro atoms. The summed E-state index contributed by atoms with van der Waals surface area (Å²) in [4.78, 5) is 12.3. The van der Waals surface area contributed by atoms with Crippen LogP contribution in [0.5, 0.6) is 0 Å². The molecule has 6 heteroatoms. The van der Waals surface area contributed by atoms with Crippen molar-refractivity contribution >= 4 is 17.4 Å². The summed E-state index contributed by atoms with van der Waals surface area (Å²) in [5.74, 6) is -3.69. The van der Waals surface area contributed by atoms with Gasteiger partial charge in [-0.1, -0.05) is 11.6 Å². The van der Waals surface area contributed by atoms with Gasteiger partial charge in [0.2, 0.25) is 5.92 Å². The number of ketones is 1. The molecule has 1 unspecified atom stereocenters. The Morgan fingerprint density at radius 2 is 2.28 bits per heavy atom. The Morgan fingerprint density at radius 1 is 1.61 bits per heavy atom. The van der Waals surface area contributed by atoms with E-state index in [1.54, 1.807) is 0 Å². The minimum atomic E-state index is -2.73. The molecule has 1 aliphatic rings. The first-order valence-corrected chi connectivity index (χ1v) is 6.34. The molecule has 3 nitrogen and oxygen atoms in total. The molecule has 1 heterocycles. The number of carbonyl (C=O) groups is 1. The van der Waals surface area contributed by atoms with Gasteiger partial charge in [0.15, 0.2) is 5.78 Å². The van der Waals surface area contributed by atoms with Gasteiger partial charge in [0.05, 0.1) is 11.2 Å². The second-order valence-corrected chi connectivity index (χ2v) is 5.45. The zero-order valence-corrected chi connectivity index (χ0v) is 11.0. The molecular formula is C12H15ClF2N2O. The molecule has 2 rings (SSSR count). The molecule has 1 saturated carbocycles. The first-order valence-electron chi connectivity index (χ1n) is 5.97. The summed E-state index contributed by atoms with van der Waals surface area (Å²) in [7, 11) is 0. The first kappa shape index (κ1) is 13.5. The number of hydrogen-bond donors (Lipinski definition) is 0. The van der Waals surface area contributed by atoms with E-state index in [0.717, 1.165) is 0 Å². The maximum Gasteiger partial charge on any atom is 0.248 e. The minimum Gasteiger partial charge on any atom is -0.292 e. The lowest BCUT2D eigenvalue weighted by Gasteiger charge is -2.14. The van der Waals surface area contributed by atoms with Crippen molar-refractivity contribution in [3.8, 4) is 0 Å². The third-order valence-corrected chi connectivity index (χ3v) is 3.52. The Balaban J connectivity index is 2.27. The van der Waals surface area contributed by atoms with Gasteiger partial charge in [-0.15, -0.1) is 0 Å². The highest BCUT2D eigenvalue weighted by Gasteiger charge is 2.43. The number of carbonyl (C=O) groups excluding carboxylic acids is 1. The number of alkyl halides is 2. The number of hydrogen-bond acceptors (Lipinski definition) is 2. The van der Waals surface area contributed by atoms with Crippen LogP contribution in [0.2, 0.25) is 5.02 Å². The Kier molecular flexibility index (Phi) is 3.45. The second-order valence-electron chi connectivity index (χ2n) is 5.04. The van der Waals surface area contributed by atoms with Crippen LogP contribution < -0.4 is 0 Å². The molecule has 0 amide bonds. The lowest BCUT2D eigenvalue weighted by molar-refractivity contribution is 0.00524. The van der Waals surface area contributed by atoms with E-state index in [9.17, 15) is 13.6 Å². The summed E-state index contributed by atoms with van der Waals surface area (Å²) in [5.41, 5.74) is 0.259. The molecule has 0 aromatic carbocycles. The van der Waals surface area contributed by atoms with Crippen LogP contribution in [0.15, 0.2) is 6.20 Å². The molecule has 1 fully saturated rings. The van der Waals surface area contributed by atoms with Crippen LogP contribution in [-0.2, 0) is 0 Å². The van der Waals surface area contributed by atoms with Gasteiger partial charge in [-0.05, 0) is 20.3 Å². The van der Waals surface area contributed by atoms with Crippen molar-refractivity contribution in [2.45, 2.75) is 45.1 Å². The predicted octanol–water partition coefficient (Wildman–Crippen LogP) is 3.74. The molecule has 0 aliphatic heterocycles. The van der Waals surface area contributed by atoms with Crippen LogP contribution in [0.1, 0.15) is 49.6 Å². The van der Waals surface area contributed by atoms with E-state index in [1.807, 2.05) is 13.8 Å². The van der Waals surface area contributed by atoms with Crippen LogP contribution in [0.25, 0.3) is 0 Å². The van der Waals surface area contributed by atoms with Crippen LogP contribution >= 0.6 is 11.6 Å². The highest BCUT2D eigenvalue weighted by molar-refractivity contribution is 6.33. The molecule has 18 heavy (non-hydrogen) atoms. The monoisotopic (exact) mass is 276 g/mol. The Labute approximate surface area is 109 Å². The topological polar surface area (TPSA) is 34.9 Å². The first-order chi connectivity index (χ1) is 8.32. The molecule has 1 aliphatic carbocycles. The van der Waals surface area contributed by atoms with E-state index in [-0.39, 0.29) is 41.8 Å². The number of aromatic nitrogens is 2. The molecule has 0 bridgehead atoms. The quantitative estimate of drug-likeness (QED) is 0.789. The van der Waals surface area contributed by atoms with Crippen LogP contribution in [0, 0.1) is 5.92 Å². The number of nitrogens with zero attached hydrogens (tertiary/aromatic N) is 2. The summed E-state index contributed by atoms with van der Waals surface area (Å²) in [6.45, 7) is 3.73. The van der Waals surface area contributed by atoms with Crippen molar-refractivity contribution in [1.29, 1.82) is 0 Å². The highest BCUT2D eigenvalue weighted by Crippen LogP contribution is 2.41. The average Bonchev–Trinajstić information content (AvgIpc) is 2.80. The maximum atomic E-state index is 13.1. The summed E-state index contributed by atoms with van der Waals surface area (Å²) in [5, 5.41) is 4.26. The molecule has 0 saturated heterocycles. The Bertz CT molecular complexity index is 471. The van der Waals surface area contributed by atoms with Crippen molar-refractivity contribution in [1.82, 2.24) is 9.78 Å². The molecule has 100 valence electrons. The van der Waals surface area contributed by atoms with Crippen molar-refractivity contribution in [3.05, 3.63) is 16.9 Å². The van der Waals surface area contributed by atoms with E-state index >= 15 is 0 Å². The Morgan fingerprint density at radius 3 is 2.78 bits per heavy atom. The number of rotatable bonds is 3. The van der Waals surface area contributed by atoms with Crippen LogP contribution in [0.4, 0.5) is 8.78 Å². The fourth-order valence-electron chi connectivity index (χ4n) is 2.33. The van der Waals surface area contributed by atoms with Crippen LogP contribution in [0.3, 0.4) is 0 Å². The third-order valence-electron chi connectivity index (χ3n) is 3.25. The van der Waals surface area contributed by atoms with Crippen molar-refractivity contribution < 1.29 is 13.6 Å². The molecule has 1 aromatic heterocycles. The SMILES string of the molecule is CC(C)n1ncc(Cl)c1C(=O)C1CCC(F)(F)C1. The summed E-state index contributed by atoms with van der Waals surface area (Å²) in [6, 6.07) is -0.0293. The molecular weight excluding hydrogens is 262 g/mol. The van der Waals surface area contributed by atoms with Gasteiger partial charge >= 0.3 is 0 Å². The smallest absolute Gasteiger partial charge is 0.248 e. The van der Waals surface area contributed by atoms with Gasteiger partial charge in [-0.2, -0.15) is 5.10 Å². The van der Waals surface area contributed by atoms with E-state index in [4.69, 9.17) is 11.6 Å². The number of halogens is 3. The van der Waals surface area contributed by atoms with Gasteiger partial charge in [0, 0.05) is 24.8 Å². The maximum absolute atomic E-state index is 13.1. The van der Waals surface area contributed by atoms with Gasteiger partial charge in [-0.3, -0.25) is 9.48 Å². The molecule has 0 radical (unpaired) electrons. The van der Waals surface area contributed by atoms with Crippen molar-refractivity contribution in [2.75, 3.05) is 0 Å². The van der Waals surface area contributed by atoms with E-state index in [1.165, 1.54) is 10.9 Å². The van der Waals surface area contributed by atoms with E-state index in [2.05, 4.69) is 5.10 Å². The largest absolute Gasteiger partial charge is 0.292 e. The fourth-order valence-corrected chi connectivity index (χ4v) is 2.55. The van der Waals surface area contributed by atoms with Crippen molar-refractivity contribution in [2.24, 2.45) is 5.92 Å². The van der Waals surface area contributed by atoms with Gasteiger partial charge < -0.3 is 0 Å². The second kappa shape index (κ2) is 4.61. The predicted molar refractivity (Wildman–Crippen MR) is 64.2 cm³/mol. The average molecular weight is 277 g/mol. The summed E-state index contributed by atoms with van der Waals surface area (Å²) < 4.78 is 27.8. The third kappa shape index (κ3) is 2.41. The minimum absolute atomic E-state index is 0.0293. The standard InChI is InChI=1S/C12H15ClF2N2O/c1-7(2)17-10(9(13)6-16-17)11(18)8-3-4-12(14,15)5-8/h6-8H,3-5H2,1-2H3. The highest BCUT2D eigenvalue weighted by atomic mass is 35.5. The summed E-state index contributed by atoms with van der Waals surface area (Å²) >= 11 is 5.94. The van der Waals surface area contributed by atoms with Gasteiger partial charge in [-0.25, -0.2) is 8.78 Å². The molecule has 1 atom stereocenters. The van der Waals surface area contributed by atoms with Gasteiger partial charge in [0.1, 0.15) is 5.69 Å². The fraction of sp³-hybridized carbons (Fsp3) is 0.667. The molecule has 1 aromatic rings. The zero-order valence-electron chi connectivity index (χ0n) is 10.3. The van der Waals surface area contributed by atoms with Gasteiger partial charge in [0.25, 0.3) is 0 Å². The van der Waals surface area contributed by atoms with E-state index in [0.29, 0.717) is 0 Å². The zero-order chi connectivity index (χ0) is 13.5. The van der Waals surface area contributed by atoms with Crippen LogP contribution in [-0.4, -0.2) is 21.5 Å². The Hall–Kier alpha value is -0.970. The number of Topliss-reactive ketones (excluding diaryl/α,β-unsaturated/α-hetero) is 1. The van der Waals surface area contributed by atoms with Crippen molar-refractivity contribution in [3.63, 3.8) is 0 Å². The lowest BCUT2D eigenvalue weighted by atomic mass is 9.99.